The highest BCUT2D eigenvalue weighted by molar-refractivity contribution is 7.98. The number of aromatic nitrogens is 2. The van der Waals surface area contributed by atoms with Crippen LogP contribution < -0.4 is 5.73 Å². The van der Waals surface area contributed by atoms with Gasteiger partial charge in [-0.05, 0) is 32.4 Å². The lowest BCUT2D eigenvalue weighted by molar-refractivity contribution is 0.184. The van der Waals surface area contributed by atoms with E-state index in [1.54, 1.807) is 0 Å². The van der Waals surface area contributed by atoms with Crippen molar-refractivity contribution >= 4 is 11.8 Å². The van der Waals surface area contributed by atoms with Crippen LogP contribution in [0.15, 0.2) is 6.20 Å². The molecule has 0 saturated heterocycles. The van der Waals surface area contributed by atoms with Crippen LogP contribution in [0.5, 0.6) is 0 Å². The van der Waals surface area contributed by atoms with Gasteiger partial charge in [0.2, 0.25) is 0 Å². The van der Waals surface area contributed by atoms with Gasteiger partial charge >= 0.3 is 0 Å². The van der Waals surface area contributed by atoms with E-state index in [0.717, 1.165) is 5.69 Å². The van der Waals surface area contributed by atoms with Crippen molar-refractivity contribution in [2.24, 2.45) is 12.8 Å². The van der Waals surface area contributed by atoms with E-state index >= 15 is 0 Å². The lowest BCUT2D eigenvalue weighted by atomic mass is 9.87. The summed E-state index contributed by atoms with van der Waals surface area (Å²) in [6.45, 7) is 9.54. The van der Waals surface area contributed by atoms with Gasteiger partial charge < -0.3 is 5.73 Å². The molecule has 1 aromatic heterocycles. The molecule has 1 rings (SSSR count). The zero-order chi connectivity index (χ0) is 16.2. The van der Waals surface area contributed by atoms with Gasteiger partial charge in [0, 0.05) is 36.8 Å². The summed E-state index contributed by atoms with van der Waals surface area (Å²) in [6.07, 6.45) is 5.47. The third kappa shape index (κ3) is 4.73. The molecule has 21 heavy (non-hydrogen) atoms. The fourth-order valence-corrected chi connectivity index (χ4v) is 3.22. The molecule has 0 fully saturated rings. The van der Waals surface area contributed by atoms with Crippen LogP contribution >= 0.6 is 11.8 Å². The number of nitrogens with zero attached hydrogens (tertiary/aromatic N) is 3. The smallest absolute Gasteiger partial charge is 0.0726 e. The predicted octanol–water partition coefficient (Wildman–Crippen LogP) is 2.79. The summed E-state index contributed by atoms with van der Waals surface area (Å²) in [5, 5.41) is 4.68. The second kappa shape index (κ2) is 7.65. The van der Waals surface area contributed by atoms with E-state index in [4.69, 9.17) is 5.73 Å². The molecule has 4 nitrogen and oxygen atoms in total. The standard InChI is InChI=1S/C16H32N4S/c1-12(8-9-21-7)20(6)14(10-17)13-11-19(5)18-15(13)16(2,3)4/h11-12,14H,8-10,17H2,1-7H3. The minimum Gasteiger partial charge on any atom is -0.329 e. The summed E-state index contributed by atoms with van der Waals surface area (Å²) in [4.78, 5) is 2.41. The second-order valence-electron chi connectivity index (χ2n) is 6.90. The highest BCUT2D eigenvalue weighted by atomic mass is 32.2. The van der Waals surface area contributed by atoms with E-state index in [0.29, 0.717) is 12.6 Å². The Kier molecular flexibility index (Phi) is 6.75. The molecule has 0 bridgehead atoms. The lowest BCUT2D eigenvalue weighted by Crippen LogP contribution is -2.38. The Morgan fingerprint density at radius 1 is 1.43 bits per heavy atom. The van der Waals surface area contributed by atoms with Crippen LogP contribution in [0.25, 0.3) is 0 Å². The molecule has 1 aromatic rings. The highest BCUT2D eigenvalue weighted by Crippen LogP contribution is 2.31. The van der Waals surface area contributed by atoms with Gasteiger partial charge in [0.15, 0.2) is 0 Å². The Balaban J connectivity index is 3.05. The molecule has 0 aliphatic rings. The van der Waals surface area contributed by atoms with Gasteiger partial charge in [-0.15, -0.1) is 0 Å². The largest absolute Gasteiger partial charge is 0.329 e. The Labute approximate surface area is 134 Å². The molecule has 2 N–H and O–H groups in total. The number of likely N-dealkylation sites (N-methyl/N-ethyl adjacent to an activating group) is 1. The van der Waals surface area contributed by atoms with Crippen LogP contribution in [-0.2, 0) is 12.5 Å². The van der Waals surface area contributed by atoms with Crippen molar-refractivity contribution in [2.45, 2.75) is 51.6 Å². The first-order valence-corrected chi connectivity index (χ1v) is 9.06. The molecule has 0 aliphatic carbocycles. The Morgan fingerprint density at radius 3 is 2.52 bits per heavy atom. The molecule has 0 radical (unpaired) electrons. The molecule has 5 heteroatoms. The van der Waals surface area contributed by atoms with E-state index in [-0.39, 0.29) is 11.5 Å². The molecule has 0 aliphatic heterocycles. The number of thioether (sulfide) groups is 1. The zero-order valence-corrected chi connectivity index (χ0v) is 15.5. The zero-order valence-electron chi connectivity index (χ0n) is 14.7. The quantitative estimate of drug-likeness (QED) is 0.841. The highest BCUT2D eigenvalue weighted by Gasteiger charge is 2.29. The Hall–Kier alpha value is -0.520. The van der Waals surface area contributed by atoms with Gasteiger partial charge in [-0.3, -0.25) is 9.58 Å². The normalized spacial score (nSPS) is 15.5. The molecular weight excluding hydrogens is 280 g/mol. The number of aryl methyl sites for hydroxylation is 1. The molecule has 2 atom stereocenters. The van der Waals surface area contributed by atoms with Crippen molar-refractivity contribution in [1.29, 1.82) is 0 Å². The monoisotopic (exact) mass is 312 g/mol. The van der Waals surface area contributed by atoms with Gasteiger partial charge in [-0.25, -0.2) is 0 Å². The number of hydrogen-bond acceptors (Lipinski definition) is 4. The maximum absolute atomic E-state index is 6.11. The van der Waals surface area contributed by atoms with Crippen LogP contribution in [0.3, 0.4) is 0 Å². The molecule has 122 valence electrons. The van der Waals surface area contributed by atoms with E-state index in [1.165, 1.54) is 17.7 Å². The fraction of sp³-hybridized carbons (Fsp3) is 0.812. The summed E-state index contributed by atoms with van der Waals surface area (Å²) in [5.74, 6) is 1.18. The van der Waals surface area contributed by atoms with E-state index in [1.807, 2.05) is 23.5 Å². The third-order valence-electron chi connectivity index (χ3n) is 4.08. The molecule has 0 aromatic carbocycles. The molecule has 2 unspecified atom stereocenters. The molecule has 0 spiro atoms. The van der Waals surface area contributed by atoms with E-state index in [2.05, 4.69) is 57.2 Å². The predicted molar refractivity (Wildman–Crippen MR) is 93.9 cm³/mol. The van der Waals surface area contributed by atoms with Crippen molar-refractivity contribution in [3.63, 3.8) is 0 Å². The minimum absolute atomic E-state index is 0.0351. The van der Waals surface area contributed by atoms with Crippen molar-refractivity contribution < 1.29 is 0 Å². The number of rotatable bonds is 7. The first-order valence-electron chi connectivity index (χ1n) is 7.67. The average molecular weight is 313 g/mol. The maximum atomic E-state index is 6.11. The van der Waals surface area contributed by atoms with Crippen molar-refractivity contribution in [1.82, 2.24) is 14.7 Å². The van der Waals surface area contributed by atoms with Crippen LogP contribution in [0.4, 0.5) is 0 Å². The fourth-order valence-electron chi connectivity index (χ4n) is 2.65. The number of hydrogen-bond donors (Lipinski definition) is 1. The van der Waals surface area contributed by atoms with Gasteiger partial charge in [-0.2, -0.15) is 16.9 Å². The number of nitrogens with two attached hydrogens (primary N) is 1. The summed E-state index contributed by atoms with van der Waals surface area (Å²) in [7, 11) is 4.17. The lowest BCUT2D eigenvalue weighted by Gasteiger charge is -2.33. The van der Waals surface area contributed by atoms with Crippen LogP contribution in [0.2, 0.25) is 0 Å². The van der Waals surface area contributed by atoms with Gasteiger partial charge in [0.05, 0.1) is 11.7 Å². The first kappa shape index (κ1) is 18.5. The van der Waals surface area contributed by atoms with Crippen LogP contribution in [0.1, 0.15) is 51.4 Å². The molecular formula is C16H32N4S. The molecule has 1 heterocycles. The van der Waals surface area contributed by atoms with Crippen molar-refractivity contribution in [2.75, 3.05) is 25.6 Å². The Bertz CT molecular complexity index is 436. The van der Waals surface area contributed by atoms with Crippen LogP contribution in [-0.4, -0.2) is 46.3 Å². The summed E-state index contributed by atoms with van der Waals surface area (Å²) < 4.78 is 1.92. The summed E-state index contributed by atoms with van der Waals surface area (Å²) in [6, 6.07) is 0.740. The van der Waals surface area contributed by atoms with Gasteiger partial charge in [0.1, 0.15) is 0 Å². The van der Waals surface area contributed by atoms with Crippen molar-refractivity contribution in [3.05, 3.63) is 17.5 Å². The minimum atomic E-state index is 0.0351. The maximum Gasteiger partial charge on any atom is 0.0726 e. The van der Waals surface area contributed by atoms with Crippen LogP contribution in [0, 0.1) is 0 Å². The Morgan fingerprint density at radius 2 is 2.05 bits per heavy atom. The first-order chi connectivity index (χ1) is 9.72. The third-order valence-corrected chi connectivity index (χ3v) is 4.72. The average Bonchev–Trinajstić information content (AvgIpc) is 2.78. The van der Waals surface area contributed by atoms with Crippen molar-refractivity contribution in [3.8, 4) is 0 Å². The van der Waals surface area contributed by atoms with Gasteiger partial charge in [0.25, 0.3) is 0 Å². The SMILES string of the molecule is CSCCC(C)N(C)C(CN)c1cn(C)nc1C(C)(C)C. The van der Waals surface area contributed by atoms with Gasteiger partial charge in [-0.1, -0.05) is 20.8 Å². The van der Waals surface area contributed by atoms with E-state index < -0.39 is 0 Å². The summed E-state index contributed by atoms with van der Waals surface area (Å²) >= 11 is 1.90. The molecule has 0 amide bonds. The topological polar surface area (TPSA) is 47.1 Å². The summed E-state index contributed by atoms with van der Waals surface area (Å²) in [5.41, 5.74) is 8.57. The molecule has 0 saturated carbocycles. The van der Waals surface area contributed by atoms with E-state index in [9.17, 15) is 0 Å². The second-order valence-corrected chi connectivity index (χ2v) is 7.89.